The van der Waals surface area contributed by atoms with Crippen LogP contribution in [0.1, 0.15) is 10.4 Å². The first-order valence-electron chi connectivity index (χ1n) is 8.14. The minimum absolute atomic E-state index is 0.225. The van der Waals surface area contributed by atoms with Crippen molar-refractivity contribution in [2.24, 2.45) is 7.05 Å². The number of rotatable bonds is 6. The molecule has 3 aromatic rings. The molecule has 0 saturated carbocycles. The number of aryl methyl sites for hydroxylation is 1. The summed E-state index contributed by atoms with van der Waals surface area (Å²) in [4.78, 5) is 17.9. The second-order valence-electron chi connectivity index (χ2n) is 5.55. The Morgan fingerprint density at radius 3 is 2.59 bits per heavy atom. The molecule has 0 aliphatic heterocycles. The van der Waals surface area contributed by atoms with E-state index in [2.05, 4.69) is 25.8 Å². The molecule has 0 atom stereocenters. The summed E-state index contributed by atoms with van der Waals surface area (Å²) in [5.74, 6) is 0.492. The molecule has 0 aliphatic carbocycles. The van der Waals surface area contributed by atoms with Crippen LogP contribution in [0.15, 0.2) is 36.7 Å². The number of methoxy groups -OCH3 is 2. The first-order chi connectivity index (χ1) is 13.1. The molecule has 3 rings (SSSR count). The van der Waals surface area contributed by atoms with Crippen molar-refractivity contribution in [2.75, 3.05) is 26.6 Å². The predicted octanol–water partition coefficient (Wildman–Crippen LogP) is 2.00. The van der Waals surface area contributed by atoms with Crippen molar-refractivity contribution in [2.45, 2.75) is 0 Å². The first kappa shape index (κ1) is 18.2. The SMILES string of the molecule is CNC(=O)c1c(Nc2cccc(-c3cnn(C)n3)c2OC)ccnc1OC. The van der Waals surface area contributed by atoms with E-state index in [1.807, 2.05) is 18.2 Å². The molecule has 9 heteroatoms. The predicted molar refractivity (Wildman–Crippen MR) is 100 cm³/mol. The molecular formula is C18H20N6O3. The number of ether oxygens (including phenoxy) is 2. The van der Waals surface area contributed by atoms with Crippen molar-refractivity contribution in [3.05, 3.63) is 42.2 Å². The highest BCUT2D eigenvalue weighted by Crippen LogP contribution is 2.38. The molecule has 9 nitrogen and oxygen atoms in total. The Labute approximate surface area is 156 Å². The van der Waals surface area contributed by atoms with Gasteiger partial charge < -0.3 is 20.1 Å². The van der Waals surface area contributed by atoms with Crippen LogP contribution in [-0.2, 0) is 7.05 Å². The average molecular weight is 368 g/mol. The van der Waals surface area contributed by atoms with Gasteiger partial charge >= 0.3 is 0 Å². The summed E-state index contributed by atoms with van der Waals surface area (Å²) in [6.45, 7) is 0. The summed E-state index contributed by atoms with van der Waals surface area (Å²) in [6, 6.07) is 7.30. The zero-order chi connectivity index (χ0) is 19.4. The minimum atomic E-state index is -0.313. The lowest BCUT2D eigenvalue weighted by atomic mass is 10.1. The molecule has 0 saturated heterocycles. The van der Waals surface area contributed by atoms with E-state index in [-0.39, 0.29) is 11.8 Å². The number of amides is 1. The van der Waals surface area contributed by atoms with Gasteiger partial charge in [0.05, 0.1) is 31.8 Å². The van der Waals surface area contributed by atoms with Gasteiger partial charge in [-0.3, -0.25) is 4.79 Å². The molecule has 0 unspecified atom stereocenters. The molecule has 0 aliphatic rings. The number of anilines is 2. The fourth-order valence-electron chi connectivity index (χ4n) is 2.72. The summed E-state index contributed by atoms with van der Waals surface area (Å²) in [7, 11) is 6.34. The van der Waals surface area contributed by atoms with Crippen molar-refractivity contribution in [1.82, 2.24) is 25.3 Å². The molecule has 2 aromatic heterocycles. The number of carbonyl (C=O) groups is 1. The Hall–Kier alpha value is -3.62. The van der Waals surface area contributed by atoms with Crippen LogP contribution in [0.2, 0.25) is 0 Å². The highest BCUT2D eigenvalue weighted by atomic mass is 16.5. The molecule has 0 fully saturated rings. The van der Waals surface area contributed by atoms with Crippen molar-refractivity contribution in [1.29, 1.82) is 0 Å². The summed E-state index contributed by atoms with van der Waals surface area (Å²) in [6.07, 6.45) is 3.22. The van der Waals surface area contributed by atoms with Crippen LogP contribution < -0.4 is 20.1 Å². The number of carbonyl (C=O) groups excluding carboxylic acids is 1. The highest BCUT2D eigenvalue weighted by Gasteiger charge is 2.20. The summed E-state index contributed by atoms with van der Waals surface area (Å²) >= 11 is 0. The minimum Gasteiger partial charge on any atom is -0.494 e. The van der Waals surface area contributed by atoms with Gasteiger partial charge in [0.25, 0.3) is 5.91 Å². The number of para-hydroxylation sites is 1. The molecular weight excluding hydrogens is 348 g/mol. The summed E-state index contributed by atoms with van der Waals surface area (Å²) in [5.41, 5.74) is 2.96. The van der Waals surface area contributed by atoms with Gasteiger partial charge in [-0.15, -0.1) is 0 Å². The molecule has 140 valence electrons. The van der Waals surface area contributed by atoms with Gasteiger partial charge in [-0.05, 0) is 18.2 Å². The van der Waals surface area contributed by atoms with Crippen molar-refractivity contribution in [3.8, 4) is 22.9 Å². The molecule has 0 radical (unpaired) electrons. The van der Waals surface area contributed by atoms with Gasteiger partial charge in [-0.25, -0.2) is 4.98 Å². The van der Waals surface area contributed by atoms with Crippen LogP contribution in [0.4, 0.5) is 11.4 Å². The smallest absolute Gasteiger partial charge is 0.258 e. The van der Waals surface area contributed by atoms with E-state index < -0.39 is 0 Å². The number of nitrogens with zero attached hydrogens (tertiary/aromatic N) is 4. The van der Waals surface area contributed by atoms with Crippen molar-refractivity contribution >= 4 is 17.3 Å². The fourth-order valence-corrected chi connectivity index (χ4v) is 2.72. The fraction of sp³-hybridized carbons (Fsp3) is 0.222. The molecule has 0 spiro atoms. The Kier molecular flexibility index (Phi) is 5.20. The topological polar surface area (TPSA) is 103 Å². The molecule has 1 amide bonds. The number of nitrogens with one attached hydrogen (secondary N) is 2. The highest BCUT2D eigenvalue weighted by molar-refractivity contribution is 6.02. The van der Waals surface area contributed by atoms with Crippen LogP contribution in [0, 0.1) is 0 Å². The van der Waals surface area contributed by atoms with Gasteiger partial charge in [-0.1, -0.05) is 6.07 Å². The molecule has 0 bridgehead atoms. The maximum Gasteiger partial charge on any atom is 0.258 e. The van der Waals surface area contributed by atoms with Crippen molar-refractivity contribution < 1.29 is 14.3 Å². The standard InChI is InChI=1S/C18H20N6O3/c1-19-17(25)15-12(8-9-20-18(15)27-4)22-13-7-5-6-11(16(13)26-3)14-10-21-24(2)23-14/h5-10H,1-4H3,(H,19,25)(H,20,22). The third-order valence-electron chi connectivity index (χ3n) is 3.93. The van der Waals surface area contributed by atoms with Gasteiger partial charge in [-0.2, -0.15) is 15.0 Å². The average Bonchev–Trinajstić information content (AvgIpc) is 3.13. The van der Waals surface area contributed by atoms with E-state index in [0.717, 1.165) is 5.56 Å². The maximum absolute atomic E-state index is 12.3. The Balaban J connectivity index is 2.08. The number of hydrogen-bond donors (Lipinski definition) is 2. The lowest BCUT2D eigenvalue weighted by molar-refractivity contribution is 0.0960. The van der Waals surface area contributed by atoms with Gasteiger partial charge in [0.15, 0.2) is 5.75 Å². The third-order valence-corrected chi connectivity index (χ3v) is 3.93. The Morgan fingerprint density at radius 1 is 1.15 bits per heavy atom. The Bertz CT molecular complexity index is 969. The van der Waals surface area contributed by atoms with E-state index in [1.54, 1.807) is 39.7 Å². The van der Waals surface area contributed by atoms with E-state index in [0.29, 0.717) is 28.4 Å². The lowest BCUT2D eigenvalue weighted by Crippen LogP contribution is -2.20. The largest absolute Gasteiger partial charge is 0.494 e. The molecule has 2 N–H and O–H groups in total. The zero-order valence-corrected chi connectivity index (χ0v) is 15.5. The van der Waals surface area contributed by atoms with E-state index >= 15 is 0 Å². The lowest BCUT2D eigenvalue weighted by Gasteiger charge is -2.17. The normalized spacial score (nSPS) is 10.4. The maximum atomic E-state index is 12.3. The van der Waals surface area contributed by atoms with Gasteiger partial charge in [0, 0.05) is 25.9 Å². The molecule has 1 aromatic carbocycles. The van der Waals surface area contributed by atoms with Crippen LogP contribution in [0.3, 0.4) is 0 Å². The Morgan fingerprint density at radius 2 is 1.96 bits per heavy atom. The number of pyridine rings is 1. The monoisotopic (exact) mass is 368 g/mol. The molecule has 2 heterocycles. The number of aromatic nitrogens is 4. The number of hydrogen-bond acceptors (Lipinski definition) is 7. The van der Waals surface area contributed by atoms with Crippen LogP contribution >= 0.6 is 0 Å². The van der Waals surface area contributed by atoms with Gasteiger partial charge in [0.1, 0.15) is 11.3 Å². The third kappa shape index (κ3) is 3.52. The van der Waals surface area contributed by atoms with Crippen LogP contribution in [-0.4, -0.2) is 47.2 Å². The zero-order valence-electron chi connectivity index (χ0n) is 15.5. The quantitative estimate of drug-likeness (QED) is 0.686. The van der Waals surface area contributed by atoms with Crippen LogP contribution in [0.5, 0.6) is 11.6 Å². The second-order valence-corrected chi connectivity index (χ2v) is 5.55. The van der Waals surface area contributed by atoms with E-state index in [4.69, 9.17) is 9.47 Å². The first-order valence-corrected chi connectivity index (χ1v) is 8.14. The van der Waals surface area contributed by atoms with Crippen molar-refractivity contribution in [3.63, 3.8) is 0 Å². The summed E-state index contributed by atoms with van der Waals surface area (Å²) in [5, 5.41) is 14.3. The van der Waals surface area contributed by atoms with E-state index in [1.165, 1.54) is 11.9 Å². The van der Waals surface area contributed by atoms with E-state index in [9.17, 15) is 4.79 Å². The second kappa shape index (κ2) is 7.73. The van der Waals surface area contributed by atoms with Crippen LogP contribution in [0.25, 0.3) is 11.3 Å². The number of benzene rings is 1. The summed E-state index contributed by atoms with van der Waals surface area (Å²) < 4.78 is 10.8. The van der Waals surface area contributed by atoms with Gasteiger partial charge in [0.2, 0.25) is 5.88 Å². The molecule has 27 heavy (non-hydrogen) atoms.